The van der Waals surface area contributed by atoms with Crippen molar-refractivity contribution in [3.63, 3.8) is 0 Å². The van der Waals surface area contributed by atoms with Gasteiger partial charge in [-0.2, -0.15) is 0 Å². The van der Waals surface area contributed by atoms with E-state index < -0.39 is 0 Å². The van der Waals surface area contributed by atoms with Crippen molar-refractivity contribution in [3.05, 3.63) is 24.9 Å². The van der Waals surface area contributed by atoms with Crippen LogP contribution in [0.5, 0.6) is 0 Å². The van der Waals surface area contributed by atoms with Gasteiger partial charge in [-0.25, -0.2) is 0 Å². The van der Waals surface area contributed by atoms with Crippen LogP contribution >= 0.6 is 0 Å². The van der Waals surface area contributed by atoms with Crippen molar-refractivity contribution in [2.45, 2.75) is 39.0 Å². The molecule has 1 rings (SSSR count). The van der Waals surface area contributed by atoms with Crippen molar-refractivity contribution in [1.29, 1.82) is 0 Å². The zero-order chi connectivity index (χ0) is 9.52. The number of rotatable bonds is 3. The molecule has 0 aromatic heterocycles. The predicted octanol–water partition coefficient (Wildman–Crippen LogP) is 3.73. The van der Waals surface area contributed by atoms with Crippen molar-refractivity contribution in [2.24, 2.45) is 10.9 Å². The van der Waals surface area contributed by atoms with E-state index in [1.165, 1.54) is 37.8 Å². The molecule has 0 aromatic carbocycles. The van der Waals surface area contributed by atoms with Crippen molar-refractivity contribution in [1.82, 2.24) is 0 Å². The first kappa shape index (κ1) is 10.2. The molecule has 0 N–H and O–H groups in total. The van der Waals surface area contributed by atoms with Gasteiger partial charge >= 0.3 is 0 Å². The number of allylic oxidation sites excluding steroid dienone is 2. The fourth-order valence-corrected chi connectivity index (χ4v) is 1.85. The predicted molar refractivity (Wildman–Crippen MR) is 59.0 cm³/mol. The zero-order valence-corrected chi connectivity index (χ0v) is 8.50. The highest BCUT2D eigenvalue weighted by Gasteiger charge is 2.15. The first-order valence-electron chi connectivity index (χ1n) is 5.16. The molecule has 1 aliphatic rings. The zero-order valence-electron chi connectivity index (χ0n) is 8.50. The van der Waals surface area contributed by atoms with Crippen molar-refractivity contribution < 1.29 is 0 Å². The molecule has 0 aromatic rings. The standard InChI is InChI=1S/C12H19N/c1-3-4-10-13-11(2)12-8-6-5-7-9-12/h3-4,10,12H,1,5-9H2,2H3/b10-4-,13-11?. The number of hydrogen-bond donors (Lipinski definition) is 0. The maximum Gasteiger partial charge on any atom is 0.0266 e. The largest absolute Gasteiger partial charge is 0.266 e. The second-order valence-corrected chi connectivity index (χ2v) is 3.68. The Balaban J connectivity index is 2.44. The maximum atomic E-state index is 4.40. The quantitative estimate of drug-likeness (QED) is 0.460. The van der Waals surface area contributed by atoms with Gasteiger partial charge in [-0.1, -0.05) is 31.9 Å². The van der Waals surface area contributed by atoms with Gasteiger partial charge in [-0.3, -0.25) is 4.99 Å². The minimum atomic E-state index is 0.739. The Kier molecular flexibility index (Phi) is 4.52. The molecule has 0 unspecified atom stereocenters. The Bertz CT molecular complexity index is 207. The molecule has 1 heteroatoms. The number of nitrogens with zero attached hydrogens (tertiary/aromatic N) is 1. The van der Waals surface area contributed by atoms with Crippen molar-refractivity contribution >= 4 is 5.71 Å². The van der Waals surface area contributed by atoms with E-state index in [2.05, 4.69) is 18.5 Å². The SMILES string of the molecule is C=C/C=C\N=C(C)C1CCCCC1. The Labute approximate surface area is 81.3 Å². The van der Waals surface area contributed by atoms with E-state index in [1.807, 2.05) is 12.3 Å². The summed E-state index contributed by atoms with van der Waals surface area (Å²) in [5.41, 5.74) is 1.29. The molecular weight excluding hydrogens is 158 g/mol. The van der Waals surface area contributed by atoms with Crippen LogP contribution in [0, 0.1) is 5.92 Å². The molecule has 0 amide bonds. The molecule has 0 saturated heterocycles. The summed E-state index contributed by atoms with van der Waals surface area (Å²) < 4.78 is 0. The summed E-state index contributed by atoms with van der Waals surface area (Å²) in [4.78, 5) is 4.40. The highest BCUT2D eigenvalue weighted by Crippen LogP contribution is 2.24. The highest BCUT2D eigenvalue weighted by molar-refractivity contribution is 5.84. The van der Waals surface area contributed by atoms with Gasteiger partial charge < -0.3 is 0 Å². The molecule has 0 aliphatic heterocycles. The second kappa shape index (κ2) is 5.74. The fraction of sp³-hybridized carbons (Fsp3) is 0.583. The molecule has 0 atom stereocenters. The summed E-state index contributed by atoms with van der Waals surface area (Å²) in [6.07, 6.45) is 12.3. The monoisotopic (exact) mass is 177 g/mol. The summed E-state index contributed by atoms with van der Waals surface area (Å²) in [6.45, 7) is 5.76. The molecule has 0 heterocycles. The number of aliphatic imine (C=N–C) groups is 1. The highest BCUT2D eigenvalue weighted by atomic mass is 14.7. The first-order chi connectivity index (χ1) is 6.34. The van der Waals surface area contributed by atoms with Crippen LogP contribution < -0.4 is 0 Å². The third kappa shape index (κ3) is 3.58. The van der Waals surface area contributed by atoms with Gasteiger partial charge in [0, 0.05) is 11.9 Å². The lowest BCUT2D eigenvalue weighted by molar-refractivity contribution is 0.438. The summed E-state index contributed by atoms with van der Waals surface area (Å²) in [7, 11) is 0. The molecule has 1 fully saturated rings. The van der Waals surface area contributed by atoms with E-state index in [-0.39, 0.29) is 0 Å². The van der Waals surface area contributed by atoms with Crippen LogP contribution in [-0.2, 0) is 0 Å². The molecule has 0 spiro atoms. The van der Waals surface area contributed by atoms with Crippen LogP contribution in [0.4, 0.5) is 0 Å². The molecule has 13 heavy (non-hydrogen) atoms. The van der Waals surface area contributed by atoms with Gasteiger partial charge in [0.25, 0.3) is 0 Å². The molecule has 0 bridgehead atoms. The van der Waals surface area contributed by atoms with E-state index in [9.17, 15) is 0 Å². The molecular formula is C12H19N. The van der Waals surface area contributed by atoms with Crippen molar-refractivity contribution in [2.75, 3.05) is 0 Å². The van der Waals surface area contributed by atoms with E-state index in [4.69, 9.17) is 0 Å². The van der Waals surface area contributed by atoms with E-state index in [1.54, 1.807) is 6.08 Å². The third-order valence-corrected chi connectivity index (χ3v) is 2.70. The summed E-state index contributed by atoms with van der Waals surface area (Å²) in [5, 5.41) is 0. The Morgan fingerprint density at radius 2 is 2.00 bits per heavy atom. The van der Waals surface area contributed by atoms with Gasteiger partial charge in [0.1, 0.15) is 0 Å². The van der Waals surface area contributed by atoms with E-state index in [0.29, 0.717) is 0 Å². The normalized spacial score (nSPS) is 20.8. The summed E-state index contributed by atoms with van der Waals surface area (Å²) >= 11 is 0. The molecule has 72 valence electrons. The van der Waals surface area contributed by atoms with Gasteiger partial charge in [0.15, 0.2) is 0 Å². The van der Waals surface area contributed by atoms with Gasteiger partial charge in [0.2, 0.25) is 0 Å². The fourth-order valence-electron chi connectivity index (χ4n) is 1.85. The third-order valence-electron chi connectivity index (χ3n) is 2.70. The lowest BCUT2D eigenvalue weighted by Gasteiger charge is -2.20. The smallest absolute Gasteiger partial charge is 0.0266 e. The van der Waals surface area contributed by atoms with Crippen LogP contribution in [0.15, 0.2) is 29.9 Å². The molecule has 1 aliphatic carbocycles. The topological polar surface area (TPSA) is 12.4 Å². The minimum absolute atomic E-state index is 0.739. The Morgan fingerprint density at radius 3 is 2.62 bits per heavy atom. The van der Waals surface area contributed by atoms with E-state index in [0.717, 1.165) is 5.92 Å². The number of hydrogen-bond acceptors (Lipinski definition) is 1. The van der Waals surface area contributed by atoms with Gasteiger partial charge in [-0.15, -0.1) is 0 Å². The van der Waals surface area contributed by atoms with Gasteiger partial charge in [-0.05, 0) is 31.8 Å². The average molecular weight is 177 g/mol. The summed E-state index contributed by atoms with van der Waals surface area (Å²) in [5.74, 6) is 0.739. The van der Waals surface area contributed by atoms with Crippen LogP contribution in [0.25, 0.3) is 0 Å². The van der Waals surface area contributed by atoms with Crippen LogP contribution in [-0.4, -0.2) is 5.71 Å². The molecule has 1 nitrogen and oxygen atoms in total. The Hall–Kier alpha value is -0.850. The first-order valence-corrected chi connectivity index (χ1v) is 5.16. The lowest BCUT2D eigenvalue weighted by Crippen LogP contribution is -2.14. The second-order valence-electron chi connectivity index (χ2n) is 3.68. The molecule has 0 radical (unpaired) electrons. The summed E-state index contributed by atoms with van der Waals surface area (Å²) in [6, 6.07) is 0. The Morgan fingerprint density at radius 1 is 1.31 bits per heavy atom. The maximum absolute atomic E-state index is 4.40. The minimum Gasteiger partial charge on any atom is -0.266 e. The van der Waals surface area contributed by atoms with Crippen LogP contribution in [0.1, 0.15) is 39.0 Å². The van der Waals surface area contributed by atoms with Crippen LogP contribution in [0.2, 0.25) is 0 Å². The van der Waals surface area contributed by atoms with Gasteiger partial charge in [0.05, 0.1) is 0 Å². The van der Waals surface area contributed by atoms with Crippen LogP contribution in [0.3, 0.4) is 0 Å². The lowest BCUT2D eigenvalue weighted by atomic mass is 9.86. The van der Waals surface area contributed by atoms with E-state index >= 15 is 0 Å². The average Bonchev–Trinajstić information content (AvgIpc) is 2.19. The molecule has 1 saturated carbocycles. The van der Waals surface area contributed by atoms with Crippen molar-refractivity contribution in [3.8, 4) is 0 Å².